The van der Waals surface area contributed by atoms with E-state index in [0.717, 1.165) is 10.0 Å². The van der Waals surface area contributed by atoms with Crippen LogP contribution in [0.3, 0.4) is 0 Å². The molecule has 0 unspecified atom stereocenters. The smallest absolute Gasteiger partial charge is 0.335 e. The van der Waals surface area contributed by atoms with E-state index in [9.17, 15) is 4.79 Å². The number of rotatable bonds is 4. The Hall–Kier alpha value is -2.01. The maximum Gasteiger partial charge on any atom is 0.335 e. The van der Waals surface area contributed by atoms with Gasteiger partial charge in [-0.25, -0.2) is 4.79 Å². The summed E-state index contributed by atoms with van der Waals surface area (Å²) in [6.07, 6.45) is 0. The van der Waals surface area contributed by atoms with Crippen molar-refractivity contribution in [1.82, 2.24) is 0 Å². The molecule has 4 nitrogen and oxygen atoms in total. The van der Waals surface area contributed by atoms with Gasteiger partial charge in [0, 0.05) is 4.47 Å². The maximum atomic E-state index is 10.9. The zero-order chi connectivity index (χ0) is 15.6. The summed E-state index contributed by atoms with van der Waals surface area (Å²) in [4.78, 5) is 10.9. The number of carbonyl (C=O) groups is 1. The lowest BCUT2D eigenvalue weighted by molar-refractivity contribution is 0.0697. The molecule has 3 N–H and O–H groups in total. The molecule has 0 spiro atoms. The highest BCUT2D eigenvalue weighted by atomic mass is 79.9. The molecule has 0 radical (unpaired) electrons. The molecule has 2 rings (SSSR count). The minimum Gasteiger partial charge on any atom is -0.478 e. The van der Waals surface area contributed by atoms with Gasteiger partial charge in [0.25, 0.3) is 0 Å². The first-order valence-electron chi connectivity index (χ1n) is 6.48. The molecule has 0 bridgehead atoms. The van der Waals surface area contributed by atoms with Crippen molar-refractivity contribution < 1.29 is 14.6 Å². The van der Waals surface area contributed by atoms with E-state index in [-0.39, 0.29) is 11.5 Å². The predicted molar refractivity (Wildman–Crippen MR) is 86.1 cm³/mol. The van der Waals surface area contributed by atoms with Gasteiger partial charge in [0.2, 0.25) is 0 Å². The van der Waals surface area contributed by atoms with Crippen molar-refractivity contribution in [2.45, 2.75) is 19.8 Å². The molecule has 0 aliphatic heterocycles. The molecular formula is C16H16BrNO3. The Morgan fingerprint density at radius 2 is 1.86 bits per heavy atom. The Morgan fingerprint density at radius 3 is 2.43 bits per heavy atom. The lowest BCUT2D eigenvalue weighted by Crippen LogP contribution is -2.00. The summed E-state index contributed by atoms with van der Waals surface area (Å²) in [7, 11) is 0. The van der Waals surface area contributed by atoms with Crippen LogP contribution in [-0.4, -0.2) is 11.1 Å². The van der Waals surface area contributed by atoms with Crippen molar-refractivity contribution in [3.63, 3.8) is 0 Å². The number of halogens is 1. The van der Waals surface area contributed by atoms with E-state index in [1.807, 2.05) is 18.2 Å². The second kappa shape index (κ2) is 6.18. The van der Waals surface area contributed by atoms with Gasteiger partial charge in [0.15, 0.2) is 0 Å². The Kier molecular flexibility index (Phi) is 4.53. The van der Waals surface area contributed by atoms with Gasteiger partial charge in [0.05, 0.1) is 11.3 Å². The van der Waals surface area contributed by atoms with Gasteiger partial charge in [-0.3, -0.25) is 0 Å². The third-order valence-corrected chi connectivity index (χ3v) is 3.56. The summed E-state index contributed by atoms with van der Waals surface area (Å²) in [6.45, 7) is 4.15. The number of nitrogen functional groups attached to an aromatic ring is 1. The van der Waals surface area contributed by atoms with Crippen LogP contribution in [0.5, 0.6) is 11.5 Å². The quantitative estimate of drug-likeness (QED) is 0.788. The van der Waals surface area contributed by atoms with Crippen LogP contribution in [0.4, 0.5) is 5.69 Å². The van der Waals surface area contributed by atoms with Crippen molar-refractivity contribution in [1.29, 1.82) is 0 Å². The minimum atomic E-state index is -1.01. The Labute approximate surface area is 131 Å². The highest BCUT2D eigenvalue weighted by Crippen LogP contribution is 2.35. The maximum absolute atomic E-state index is 10.9. The number of nitrogens with two attached hydrogens (primary N) is 1. The summed E-state index contributed by atoms with van der Waals surface area (Å²) < 4.78 is 6.83. The fraction of sp³-hybridized carbons (Fsp3) is 0.188. The van der Waals surface area contributed by atoms with Gasteiger partial charge in [-0.15, -0.1) is 0 Å². The third-order valence-electron chi connectivity index (χ3n) is 3.07. The van der Waals surface area contributed by atoms with E-state index in [2.05, 4.69) is 29.8 Å². The van der Waals surface area contributed by atoms with Crippen LogP contribution in [0, 0.1) is 0 Å². The lowest BCUT2D eigenvalue weighted by Gasteiger charge is -2.15. The van der Waals surface area contributed by atoms with Crippen LogP contribution >= 0.6 is 15.9 Å². The number of hydrogen-bond acceptors (Lipinski definition) is 3. The highest BCUT2D eigenvalue weighted by Gasteiger charge is 2.12. The molecular weight excluding hydrogens is 334 g/mol. The van der Waals surface area contributed by atoms with E-state index in [1.54, 1.807) is 6.07 Å². The van der Waals surface area contributed by atoms with E-state index < -0.39 is 5.97 Å². The zero-order valence-electron chi connectivity index (χ0n) is 11.8. The fourth-order valence-electron chi connectivity index (χ4n) is 1.96. The van der Waals surface area contributed by atoms with Gasteiger partial charge >= 0.3 is 5.97 Å². The molecule has 2 aromatic carbocycles. The van der Waals surface area contributed by atoms with Crippen LogP contribution in [0.15, 0.2) is 40.9 Å². The van der Waals surface area contributed by atoms with Crippen molar-refractivity contribution in [3.8, 4) is 11.5 Å². The van der Waals surface area contributed by atoms with Crippen molar-refractivity contribution in [2.75, 3.05) is 5.73 Å². The van der Waals surface area contributed by atoms with Gasteiger partial charge in [-0.05, 0) is 47.9 Å². The van der Waals surface area contributed by atoms with Crippen molar-refractivity contribution >= 4 is 27.6 Å². The molecule has 0 aliphatic carbocycles. The van der Waals surface area contributed by atoms with E-state index in [4.69, 9.17) is 15.6 Å². The number of ether oxygens (including phenoxy) is 1. The number of carboxylic acid groups (broad SMARTS) is 1. The fourth-order valence-corrected chi connectivity index (χ4v) is 2.34. The topological polar surface area (TPSA) is 72.5 Å². The summed E-state index contributed by atoms with van der Waals surface area (Å²) in [6, 6.07) is 10.2. The zero-order valence-corrected chi connectivity index (χ0v) is 13.3. The molecule has 0 heterocycles. The second-order valence-electron chi connectivity index (χ2n) is 5.00. The van der Waals surface area contributed by atoms with Gasteiger partial charge in [0.1, 0.15) is 11.5 Å². The SMILES string of the molecule is CC(C)c1cc(Br)ccc1Oc1ccc(C(=O)O)cc1N. The van der Waals surface area contributed by atoms with Crippen LogP contribution in [-0.2, 0) is 0 Å². The van der Waals surface area contributed by atoms with Crippen LogP contribution in [0.1, 0.15) is 35.7 Å². The molecule has 0 aromatic heterocycles. The summed E-state index contributed by atoms with van der Waals surface area (Å²) >= 11 is 3.44. The van der Waals surface area contributed by atoms with Crippen molar-refractivity contribution in [3.05, 3.63) is 52.0 Å². The average molecular weight is 350 g/mol. The Morgan fingerprint density at radius 1 is 1.19 bits per heavy atom. The Balaban J connectivity index is 2.36. The lowest BCUT2D eigenvalue weighted by atomic mass is 10.0. The first kappa shape index (κ1) is 15.4. The van der Waals surface area contributed by atoms with E-state index in [0.29, 0.717) is 17.2 Å². The van der Waals surface area contributed by atoms with Crippen LogP contribution in [0.2, 0.25) is 0 Å². The highest BCUT2D eigenvalue weighted by molar-refractivity contribution is 9.10. The number of benzene rings is 2. The molecule has 110 valence electrons. The van der Waals surface area contributed by atoms with E-state index >= 15 is 0 Å². The largest absolute Gasteiger partial charge is 0.478 e. The van der Waals surface area contributed by atoms with Crippen molar-refractivity contribution in [2.24, 2.45) is 0 Å². The average Bonchev–Trinajstić information content (AvgIpc) is 2.42. The molecule has 0 saturated heterocycles. The molecule has 0 aliphatic rings. The van der Waals surface area contributed by atoms with Gasteiger partial charge in [-0.1, -0.05) is 29.8 Å². The first-order valence-corrected chi connectivity index (χ1v) is 7.28. The molecule has 0 saturated carbocycles. The van der Waals surface area contributed by atoms with Gasteiger partial charge < -0.3 is 15.6 Å². The molecule has 0 atom stereocenters. The number of carboxylic acids is 1. The third kappa shape index (κ3) is 3.55. The predicted octanol–water partition coefficient (Wildman–Crippen LogP) is 4.65. The number of hydrogen-bond donors (Lipinski definition) is 2. The standard InChI is InChI=1S/C16H16BrNO3/c1-9(2)12-8-11(17)4-6-14(12)21-15-5-3-10(16(19)20)7-13(15)18/h3-9H,18H2,1-2H3,(H,19,20). The van der Waals surface area contributed by atoms with Crippen LogP contribution < -0.4 is 10.5 Å². The van der Waals surface area contributed by atoms with Crippen LogP contribution in [0.25, 0.3) is 0 Å². The first-order chi connectivity index (χ1) is 9.88. The Bertz CT molecular complexity index is 683. The number of aromatic carboxylic acids is 1. The summed E-state index contributed by atoms with van der Waals surface area (Å²) in [5.74, 6) is 0.434. The second-order valence-corrected chi connectivity index (χ2v) is 5.91. The normalized spacial score (nSPS) is 10.7. The molecule has 2 aromatic rings. The monoisotopic (exact) mass is 349 g/mol. The molecule has 5 heteroatoms. The summed E-state index contributed by atoms with van der Waals surface area (Å²) in [5.41, 5.74) is 7.35. The number of anilines is 1. The molecule has 21 heavy (non-hydrogen) atoms. The van der Waals surface area contributed by atoms with Gasteiger partial charge in [-0.2, -0.15) is 0 Å². The van der Waals surface area contributed by atoms with E-state index in [1.165, 1.54) is 12.1 Å². The molecule has 0 fully saturated rings. The minimum absolute atomic E-state index is 0.139. The molecule has 0 amide bonds. The summed E-state index contributed by atoms with van der Waals surface area (Å²) in [5, 5.41) is 8.94.